The van der Waals surface area contributed by atoms with E-state index < -0.39 is 17.5 Å². The van der Waals surface area contributed by atoms with E-state index in [9.17, 15) is 18.7 Å². The highest BCUT2D eigenvalue weighted by atomic mass is 19.2. The number of pyridine rings is 1. The fourth-order valence-electron chi connectivity index (χ4n) is 2.82. The van der Waals surface area contributed by atoms with E-state index in [1.807, 2.05) is 0 Å². The summed E-state index contributed by atoms with van der Waals surface area (Å²) in [5.41, 5.74) is 0.963. The number of carbonyl (C=O) groups is 1. The second kappa shape index (κ2) is 7.75. The zero-order valence-corrected chi connectivity index (χ0v) is 15.7. The summed E-state index contributed by atoms with van der Waals surface area (Å²) in [5, 5.41) is 12.9. The van der Waals surface area contributed by atoms with Gasteiger partial charge in [0.15, 0.2) is 11.6 Å². The second-order valence-corrected chi connectivity index (χ2v) is 6.52. The Morgan fingerprint density at radius 1 is 1.07 bits per heavy atom. The Balaban J connectivity index is 1.86. The predicted molar refractivity (Wildman–Crippen MR) is 106 cm³/mol. The first-order valence-electron chi connectivity index (χ1n) is 8.91. The average molecular weight is 407 g/mol. The maximum atomic E-state index is 13.6. The number of benzene rings is 2. The highest BCUT2D eigenvalue weighted by Gasteiger charge is 2.14. The van der Waals surface area contributed by atoms with Gasteiger partial charge in [0.2, 0.25) is 5.55 Å². The number of rotatable bonds is 3. The molecule has 0 spiro atoms. The van der Waals surface area contributed by atoms with Crippen molar-refractivity contribution in [3.63, 3.8) is 0 Å². The van der Waals surface area contributed by atoms with Gasteiger partial charge in [0.25, 0.3) is 5.91 Å². The Labute approximate surface area is 169 Å². The average Bonchev–Trinajstić information content (AvgIpc) is 2.70. The van der Waals surface area contributed by atoms with Gasteiger partial charge in [0, 0.05) is 23.2 Å². The van der Waals surface area contributed by atoms with Gasteiger partial charge in [-0.1, -0.05) is 6.07 Å². The van der Waals surface area contributed by atoms with Gasteiger partial charge in [0.1, 0.15) is 22.7 Å². The van der Waals surface area contributed by atoms with Crippen molar-refractivity contribution in [1.82, 2.24) is 4.98 Å². The zero-order chi connectivity index (χ0) is 21.3. The van der Waals surface area contributed by atoms with E-state index in [-0.39, 0.29) is 28.1 Å². The van der Waals surface area contributed by atoms with Gasteiger partial charge in [0.05, 0.1) is 5.69 Å². The lowest BCUT2D eigenvalue weighted by Gasteiger charge is -2.07. The molecule has 0 aliphatic carbocycles. The molecule has 0 aliphatic heterocycles. The number of nitrogens with one attached hydrogen (secondary N) is 1. The number of hydrogen-bond acceptors (Lipinski definition) is 5. The van der Waals surface area contributed by atoms with Crippen LogP contribution in [0.3, 0.4) is 0 Å². The summed E-state index contributed by atoms with van der Waals surface area (Å²) in [7, 11) is 0. The van der Waals surface area contributed by atoms with Crippen molar-refractivity contribution < 1.29 is 23.1 Å². The summed E-state index contributed by atoms with van der Waals surface area (Å²) in [6, 6.07) is 14.2. The fraction of sp³-hybridized carbons (Fsp3) is 0.0455. The Bertz CT molecular complexity index is 1350. The minimum Gasteiger partial charge on any atom is -0.508 e. The van der Waals surface area contributed by atoms with E-state index in [1.165, 1.54) is 24.3 Å². The summed E-state index contributed by atoms with van der Waals surface area (Å²) >= 11 is 0. The van der Waals surface area contributed by atoms with Crippen molar-refractivity contribution in [2.45, 2.75) is 6.92 Å². The SMILES string of the molecule is Cc1cccc(NC(=O)c2cc3ccc(O)cc3oc2=Nc2ccc(F)c(F)c2)n1. The second-order valence-electron chi connectivity index (χ2n) is 6.52. The van der Waals surface area contributed by atoms with Gasteiger partial charge in [-0.2, -0.15) is 0 Å². The number of nitrogens with zero attached hydrogens (tertiary/aromatic N) is 2. The lowest BCUT2D eigenvalue weighted by atomic mass is 10.1. The van der Waals surface area contributed by atoms with Crippen molar-refractivity contribution in [2.24, 2.45) is 4.99 Å². The van der Waals surface area contributed by atoms with E-state index in [2.05, 4.69) is 15.3 Å². The molecule has 0 aliphatic rings. The van der Waals surface area contributed by atoms with Gasteiger partial charge in [-0.3, -0.25) is 4.79 Å². The van der Waals surface area contributed by atoms with Crippen LogP contribution in [0.4, 0.5) is 20.3 Å². The molecule has 4 aromatic rings. The van der Waals surface area contributed by atoms with Crippen LogP contribution in [0.2, 0.25) is 0 Å². The van der Waals surface area contributed by atoms with Gasteiger partial charge in [-0.05, 0) is 49.4 Å². The lowest BCUT2D eigenvalue weighted by Crippen LogP contribution is -2.22. The highest BCUT2D eigenvalue weighted by molar-refractivity contribution is 6.05. The third-order valence-electron chi connectivity index (χ3n) is 4.24. The first kappa shape index (κ1) is 19.3. The summed E-state index contributed by atoms with van der Waals surface area (Å²) < 4.78 is 32.5. The number of anilines is 1. The molecule has 0 fully saturated rings. The molecular formula is C22H15F2N3O3. The normalized spacial score (nSPS) is 11.6. The summed E-state index contributed by atoms with van der Waals surface area (Å²) in [4.78, 5) is 21.3. The number of aryl methyl sites for hydroxylation is 1. The van der Waals surface area contributed by atoms with Crippen molar-refractivity contribution in [3.8, 4) is 5.75 Å². The highest BCUT2D eigenvalue weighted by Crippen LogP contribution is 2.21. The molecule has 0 bridgehead atoms. The molecule has 0 saturated carbocycles. The van der Waals surface area contributed by atoms with Crippen LogP contribution >= 0.6 is 0 Å². The van der Waals surface area contributed by atoms with Crippen molar-refractivity contribution in [2.75, 3.05) is 5.32 Å². The standard InChI is InChI=1S/C22H15F2N3O3/c1-12-3-2-4-20(25-12)27-21(29)16-9-13-5-7-15(28)11-19(13)30-22(16)26-14-6-8-17(23)18(24)10-14/h2-11,28H,1H3,(H,25,27,29). The van der Waals surface area contributed by atoms with Crippen molar-refractivity contribution >= 4 is 28.4 Å². The summed E-state index contributed by atoms with van der Waals surface area (Å²) in [6.07, 6.45) is 0. The molecule has 6 nitrogen and oxygen atoms in total. The minimum atomic E-state index is -1.08. The minimum absolute atomic E-state index is 0.0359. The number of phenolic OH excluding ortho intramolecular Hbond substituents is 1. The fourth-order valence-corrected chi connectivity index (χ4v) is 2.82. The molecular weight excluding hydrogens is 392 g/mol. The Morgan fingerprint density at radius 3 is 2.67 bits per heavy atom. The molecule has 2 aromatic carbocycles. The molecule has 4 rings (SSSR count). The van der Waals surface area contributed by atoms with Gasteiger partial charge in [-0.25, -0.2) is 18.8 Å². The molecule has 0 unspecified atom stereocenters. The van der Waals surface area contributed by atoms with Gasteiger partial charge in [-0.15, -0.1) is 0 Å². The van der Waals surface area contributed by atoms with Crippen molar-refractivity contribution in [3.05, 3.63) is 89.1 Å². The molecule has 2 heterocycles. The molecule has 0 radical (unpaired) electrons. The molecule has 2 aromatic heterocycles. The number of aromatic hydroxyl groups is 1. The topological polar surface area (TPSA) is 87.7 Å². The Morgan fingerprint density at radius 2 is 1.90 bits per heavy atom. The van der Waals surface area contributed by atoms with Gasteiger partial charge < -0.3 is 14.8 Å². The number of phenols is 1. The molecule has 8 heteroatoms. The maximum absolute atomic E-state index is 13.6. The van der Waals surface area contributed by atoms with Crippen LogP contribution in [0.15, 0.2) is 70.1 Å². The van der Waals surface area contributed by atoms with Crippen LogP contribution in [-0.2, 0) is 0 Å². The van der Waals surface area contributed by atoms with Crippen LogP contribution < -0.4 is 10.9 Å². The third-order valence-corrected chi connectivity index (χ3v) is 4.24. The number of fused-ring (bicyclic) bond motifs is 1. The maximum Gasteiger partial charge on any atom is 0.262 e. The first-order valence-corrected chi connectivity index (χ1v) is 8.91. The van der Waals surface area contributed by atoms with E-state index in [4.69, 9.17) is 4.42 Å². The molecule has 1 amide bonds. The van der Waals surface area contributed by atoms with Crippen LogP contribution in [0.5, 0.6) is 5.75 Å². The molecule has 0 saturated heterocycles. The largest absolute Gasteiger partial charge is 0.508 e. The third kappa shape index (κ3) is 4.02. The molecule has 0 atom stereocenters. The summed E-state index contributed by atoms with van der Waals surface area (Å²) in [5.74, 6) is -2.34. The predicted octanol–water partition coefficient (Wildman–Crippen LogP) is 4.60. The summed E-state index contributed by atoms with van der Waals surface area (Å²) in [6.45, 7) is 1.79. The Kier molecular flexibility index (Phi) is 4.97. The van der Waals surface area contributed by atoms with E-state index in [0.717, 1.165) is 17.8 Å². The van der Waals surface area contributed by atoms with Crippen molar-refractivity contribution in [1.29, 1.82) is 0 Å². The van der Waals surface area contributed by atoms with Crippen LogP contribution in [0.1, 0.15) is 16.1 Å². The molecule has 30 heavy (non-hydrogen) atoms. The zero-order valence-electron chi connectivity index (χ0n) is 15.7. The van der Waals surface area contributed by atoms with Crippen LogP contribution in [0.25, 0.3) is 11.0 Å². The number of aromatic nitrogens is 1. The van der Waals surface area contributed by atoms with E-state index in [1.54, 1.807) is 31.2 Å². The first-order chi connectivity index (χ1) is 14.4. The number of hydrogen-bond donors (Lipinski definition) is 2. The quantitative estimate of drug-likeness (QED) is 0.519. The monoisotopic (exact) mass is 407 g/mol. The number of halogens is 2. The smallest absolute Gasteiger partial charge is 0.262 e. The van der Waals surface area contributed by atoms with Gasteiger partial charge >= 0.3 is 0 Å². The van der Waals surface area contributed by atoms with E-state index >= 15 is 0 Å². The van der Waals surface area contributed by atoms with Crippen LogP contribution in [0, 0.1) is 18.6 Å². The number of amides is 1. The molecule has 2 N–H and O–H groups in total. The molecule has 150 valence electrons. The Hall–Kier alpha value is -4.07. The van der Waals surface area contributed by atoms with Crippen LogP contribution in [-0.4, -0.2) is 16.0 Å². The lowest BCUT2D eigenvalue weighted by molar-refractivity contribution is 0.102. The number of carbonyl (C=O) groups excluding carboxylic acids is 1. The van der Waals surface area contributed by atoms with E-state index in [0.29, 0.717) is 11.2 Å².